The van der Waals surface area contributed by atoms with Crippen LogP contribution in [0, 0.1) is 0 Å². The molecule has 1 aromatic rings. The number of hydrogen-bond donors (Lipinski definition) is 2. The van der Waals surface area contributed by atoms with Crippen LogP contribution in [0.4, 0.5) is 5.82 Å². The Morgan fingerprint density at radius 1 is 1.33 bits per heavy atom. The van der Waals surface area contributed by atoms with Crippen LogP contribution in [0.25, 0.3) is 0 Å². The molecule has 120 valence electrons. The minimum absolute atomic E-state index is 0. The van der Waals surface area contributed by atoms with Crippen LogP contribution in [0.1, 0.15) is 39.2 Å². The number of hydrogen-bond acceptors (Lipinski definition) is 4. The van der Waals surface area contributed by atoms with Gasteiger partial charge in [0.25, 0.3) is 0 Å². The molecule has 1 unspecified atom stereocenters. The third-order valence-corrected chi connectivity index (χ3v) is 3.30. The number of nitrogens with two attached hydrogens (primary N) is 1. The average Bonchev–Trinajstić information content (AvgIpc) is 2.47. The van der Waals surface area contributed by atoms with E-state index in [4.69, 9.17) is 5.73 Å². The van der Waals surface area contributed by atoms with E-state index in [0.29, 0.717) is 13.0 Å². The number of halogens is 1. The largest absolute Gasteiger partial charge is 0.357 e. The maximum Gasteiger partial charge on any atom is 0.237 e. The summed E-state index contributed by atoms with van der Waals surface area (Å²) in [5, 5.41) is 2.84. The van der Waals surface area contributed by atoms with E-state index in [1.54, 1.807) is 6.20 Å². The fourth-order valence-corrected chi connectivity index (χ4v) is 2.02. The maximum absolute atomic E-state index is 11.7. The molecule has 0 saturated heterocycles. The highest BCUT2D eigenvalue weighted by Gasteiger charge is 2.11. The van der Waals surface area contributed by atoms with Gasteiger partial charge in [-0.1, -0.05) is 19.4 Å². The lowest BCUT2D eigenvalue weighted by molar-refractivity contribution is -0.122. The van der Waals surface area contributed by atoms with Crippen LogP contribution in [0.3, 0.4) is 0 Å². The van der Waals surface area contributed by atoms with Crippen LogP contribution in [0.5, 0.6) is 0 Å². The zero-order valence-electron chi connectivity index (χ0n) is 13.1. The number of rotatable bonds is 8. The minimum Gasteiger partial charge on any atom is -0.357 e. The number of anilines is 1. The summed E-state index contributed by atoms with van der Waals surface area (Å²) in [7, 11) is 0. The first-order valence-corrected chi connectivity index (χ1v) is 7.35. The second kappa shape index (κ2) is 10.4. The molecule has 0 bridgehead atoms. The summed E-state index contributed by atoms with van der Waals surface area (Å²) in [6, 6.07) is 3.56. The third-order valence-electron chi connectivity index (χ3n) is 3.30. The van der Waals surface area contributed by atoms with Gasteiger partial charge in [-0.15, -0.1) is 12.4 Å². The highest BCUT2D eigenvalue weighted by molar-refractivity contribution is 5.85. The number of carbonyl (C=O) groups excluding carboxylic acids is 1. The Bertz CT molecular complexity index is 407. The van der Waals surface area contributed by atoms with Gasteiger partial charge in [0.1, 0.15) is 5.82 Å². The molecule has 0 aliphatic rings. The lowest BCUT2D eigenvalue weighted by atomic mass is 10.1. The van der Waals surface area contributed by atoms with Gasteiger partial charge in [0.2, 0.25) is 5.91 Å². The zero-order valence-corrected chi connectivity index (χ0v) is 13.9. The molecule has 0 fully saturated rings. The fraction of sp³-hybridized carbons (Fsp3) is 0.600. The van der Waals surface area contributed by atoms with Crippen molar-refractivity contribution in [3.63, 3.8) is 0 Å². The second-order valence-electron chi connectivity index (χ2n) is 4.81. The molecule has 21 heavy (non-hydrogen) atoms. The van der Waals surface area contributed by atoms with Crippen molar-refractivity contribution < 1.29 is 4.79 Å². The lowest BCUT2D eigenvalue weighted by Crippen LogP contribution is -2.40. The average molecular weight is 315 g/mol. The molecule has 1 rings (SSSR count). The van der Waals surface area contributed by atoms with E-state index in [1.807, 2.05) is 19.1 Å². The standard InChI is InChI=1S/C15H26N4O.ClH/c1-4-7-13(16)15(20)18-11-12-8-9-14(17-10-12)19(5-2)6-3;/h8-10,13H,4-7,11,16H2,1-3H3,(H,18,20);1H. The molecule has 0 spiro atoms. The summed E-state index contributed by atoms with van der Waals surface area (Å²) in [4.78, 5) is 18.3. The van der Waals surface area contributed by atoms with Crippen molar-refractivity contribution in [1.82, 2.24) is 10.3 Å². The van der Waals surface area contributed by atoms with Gasteiger partial charge in [-0.25, -0.2) is 4.98 Å². The Morgan fingerprint density at radius 2 is 2.00 bits per heavy atom. The first-order chi connectivity index (χ1) is 9.62. The van der Waals surface area contributed by atoms with Gasteiger partial charge in [-0.05, 0) is 31.9 Å². The van der Waals surface area contributed by atoms with Gasteiger partial charge in [0.05, 0.1) is 6.04 Å². The number of carbonyl (C=O) groups is 1. The smallest absolute Gasteiger partial charge is 0.237 e. The molecule has 0 aromatic carbocycles. The Labute approximate surface area is 133 Å². The van der Waals surface area contributed by atoms with Gasteiger partial charge < -0.3 is 16.0 Å². The molecule has 3 N–H and O–H groups in total. The van der Waals surface area contributed by atoms with Gasteiger partial charge in [0.15, 0.2) is 0 Å². The van der Waals surface area contributed by atoms with Gasteiger partial charge in [0, 0.05) is 25.8 Å². The Morgan fingerprint density at radius 3 is 2.48 bits per heavy atom. The molecule has 0 aliphatic carbocycles. The summed E-state index contributed by atoms with van der Waals surface area (Å²) >= 11 is 0. The van der Waals surface area contributed by atoms with Crippen LogP contribution in [-0.2, 0) is 11.3 Å². The number of aromatic nitrogens is 1. The van der Waals surface area contributed by atoms with Crippen LogP contribution in [0.2, 0.25) is 0 Å². The van der Waals surface area contributed by atoms with Gasteiger partial charge in [-0.3, -0.25) is 4.79 Å². The molecular weight excluding hydrogens is 288 g/mol. The molecule has 0 saturated carbocycles. The van der Waals surface area contributed by atoms with E-state index in [0.717, 1.165) is 30.9 Å². The van der Waals surface area contributed by atoms with Crippen molar-refractivity contribution in [2.75, 3.05) is 18.0 Å². The van der Waals surface area contributed by atoms with E-state index in [1.165, 1.54) is 0 Å². The molecule has 1 heterocycles. The molecule has 1 aromatic heterocycles. The fourth-order valence-electron chi connectivity index (χ4n) is 2.02. The molecule has 1 atom stereocenters. The molecule has 5 nitrogen and oxygen atoms in total. The van der Waals surface area contributed by atoms with E-state index in [9.17, 15) is 4.79 Å². The molecule has 0 radical (unpaired) electrons. The van der Waals surface area contributed by atoms with Crippen molar-refractivity contribution in [2.24, 2.45) is 5.73 Å². The van der Waals surface area contributed by atoms with E-state index >= 15 is 0 Å². The van der Waals surface area contributed by atoms with Gasteiger partial charge in [-0.2, -0.15) is 0 Å². The Balaban J connectivity index is 0.00000400. The van der Waals surface area contributed by atoms with Crippen molar-refractivity contribution >= 4 is 24.1 Å². The summed E-state index contributed by atoms with van der Waals surface area (Å²) in [6.07, 6.45) is 3.43. The zero-order chi connectivity index (χ0) is 15.0. The SMILES string of the molecule is CCCC(N)C(=O)NCc1ccc(N(CC)CC)nc1.Cl. The predicted octanol–water partition coefficient (Wildman–Crippen LogP) is 2.09. The van der Waals surface area contributed by atoms with Crippen LogP contribution in [-0.4, -0.2) is 30.0 Å². The highest BCUT2D eigenvalue weighted by Crippen LogP contribution is 2.10. The Hall–Kier alpha value is -1.33. The van der Waals surface area contributed by atoms with Crippen LogP contribution >= 0.6 is 12.4 Å². The van der Waals surface area contributed by atoms with Crippen molar-refractivity contribution in [3.05, 3.63) is 23.9 Å². The summed E-state index contributed by atoms with van der Waals surface area (Å²) in [5.41, 5.74) is 6.74. The van der Waals surface area contributed by atoms with E-state index in [2.05, 4.69) is 29.0 Å². The summed E-state index contributed by atoms with van der Waals surface area (Å²) in [5.74, 6) is 0.868. The van der Waals surface area contributed by atoms with Crippen LogP contribution in [0.15, 0.2) is 18.3 Å². The topological polar surface area (TPSA) is 71.2 Å². The second-order valence-corrected chi connectivity index (χ2v) is 4.81. The first-order valence-electron chi connectivity index (χ1n) is 7.35. The normalized spacial score (nSPS) is 11.4. The van der Waals surface area contributed by atoms with Gasteiger partial charge >= 0.3 is 0 Å². The van der Waals surface area contributed by atoms with Crippen molar-refractivity contribution in [1.29, 1.82) is 0 Å². The predicted molar refractivity (Wildman–Crippen MR) is 89.8 cm³/mol. The monoisotopic (exact) mass is 314 g/mol. The van der Waals surface area contributed by atoms with Crippen molar-refractivity contribution in [3.8, 4) is 0 Å². The van der Waals surface area contributed by atoms with E-state index in [-0.39, 0.29) is 18.3 Å². The summed E-state index contributed by atoms with van der Waals surface area (Å²) < 4.78 is 0. The molecular formula is C15H27ClN4O. The number of pyridine rings is 1. The third kappa shape index (κ3) is 6.31. The molecule has 1 amide bonds. The number of nitrogens with one attached hydrogen (secondary N) is 1. The number of nitrogens with zero attached hydrogens (tertiary/aromatic N) is 2. The highest BCUT2D eigenvalue weighted by atomic mass is 35.5. The molecule has 6 heteroatoms. The summed E-state index contributed by atoms with van der Waals surface area (Å²) in [6.45, 7) is 8.57. The minimum atomic E-state index is -0.414. The van der Waals surface area contributed by atoms with Crippen molar-refractivity contribution in [2.45, 2.75) is 46.2 Å². The Kier molecular flexibility index (Phi) is 9.75. The lowest BCUT2D eigenvalue weighted by Gasteiger charge is -2.19. The van der Waals surface area contributed by atoms with Crippen LogP contribution < -0.4 is 16.0 Å². The quantitative estimate of drug-likeness (QED) is 0.771. The molecule has 0 aliphatic heterocycles. The maximum atomic E-state index is 11.7. The number of amides is 1. The first kappa shape index (κ1) is 19.7. The van der Waals surface area contributed by atoms with E-state index < -0.39 is 6.04 Å².